The third kappa shape index (κ3) is 10.7. The highest BCUT2D eigenvalue weighted by Gasteiger charge is 2.10. The van der Waals surface area contributed by atoms with Crippen molar-refractivity contribution in [1.82, 2.24) is 0 Å². The molecule has 4 nitrogen and oxygen atoms in total. The van der Waals surface area contributed by atoms with Crippen LogP contribution in [0.4, 0.5) is 0 Å². The average molecular weight is 273 g/mol. The van der Waals surface area contributed by atoms with Crippen LogP contribution in [-0.4, -0.2) is 40.6 Å². The molecule has 98 valence electrons. The van der Waals surface area contributed by atoms with Gasteiger partial charge in [0.2, 0.25) is 9.05 Å². The van der Waals surface area contributed by atoms with E-state index in [4.69, 9.17) is 20.2 Å². The molecule has 0 saturated heterocycles. The molecular weight excluding hydrogens is 252 g/mol. The lowest BCUT2D eigenvalue weighted by Gasteiger charge is -2.14. The van der Waals surface area contributed by atoms with Gasteiger partial charge in [-0.25, -0.2) is 8.42 Å². The topological polar surface area (TPSA) is 52.6 Å². The lowest BCUT2D eigenvalue weighted by atomic mass is 10.1. The van der Waals surface area contributed by atoms with Gasteiger partial charge in [0.1, 0.15) is 0 Å². The zero-order valence-electron chi connectivity index (χ0n) is 10.1. The molecule has 0 radical (unpaired) electrons. The van der Waals surface area contributed by atoms with Gasteiger partial charge < -0.3 is 9.47 Å². The third-order valence-corrected chi connectivity index (χ3v) is 3.46. The minimum atomic E-state index is -3.36. The largest absolute Gasteiger partial charge is 0.382 e. The van der Waals surface area contributed by atoms with E-state index >= 15 is 0 Å². The number of methoxy groups -OCH3 is 1. The summed E-state index contributed by atoms with van der Waals surface area (Å²) in [7, 11) is 3.40. The van der Waals surface area contributed by atoms with Gasteiger partial charge in [-0.1, -0.05) is 6.92 Å². The van der Waals surface area contributed by atoms with Gasteiger partial charge in [-0.3, -0.25) is 0 Å². The average Bonchev–Trinajstić information content (AvgIpc) is 2.14. The van der Waals surface area contributed by atoms with E-state index in [0.717, 1.165) is 6.42 Å². The van der Waals surface area contributed by atoms with Crippen molar-refractivity contribution in [1.29, 1.82) is 0 Å². The fourth-order valence-electron chi connectivity index (χ4n) is 1.24. The molecule has 16 heavy (non-hydrogen) atoms. The summed E-state index contributed by atoms with van der Waals surface area (Å²) in [6.45, 7) is 5.13. The summed E-state index contributed by atoms with van der Waals surface area (Å²) in [6.07, 6.45) is 1.49. The number of ether oxygens (including phenoxy) is 2. The van der Waals surface area contributed by atoms with E-state index in [1.54, 1.807) is 7.11 Å². The Labute approximate surface area is 103 Å². The van der Waals surface area contributed by atoms with E-state index in [1.807, 2.05) is 13.8 Å². The summed E-state index contributed by atoms with van der Waals surface area (Å²) in [6, 6.07) is 0. The Bertz CT molecular complexity index is 266. The maximum atomic E-state index is 10.7. The van der Waals surface area contributed by atoms with E-state index in [2.05, 4.69) is 0 Å². The molecule has 0 rings (SSSR count). The second kappa shape index (κ2) is 8.28. The number of halogens is 1. The first kappa shape index (κ1) is 16.2. The molecule has 2 unspecified atom stereocenters. The minimum Gasteiger partial charge on any atom is -0.382 e. The molecule has 0 aromatic carbocycles. The fraction of sp³-hybridized carbons (Fsp3) is 1.00. The van der Waals surface area contributed by atoms with Gasteiger partial charge in [0, 0.05) is 24.4 Å². The lowest BCUT2D eigenvalue weighted by molar-refractivity contribution is 0.00447. The molecule has 2 atom stereocenters. The van der Waals surface area contributed by atoms with Crippen LogP contribution in [-0.2, 0) is 18.5 Å². The summed E-state index contributed by atoms with van der Waals surface area (Å²) in [4.78, 5) is 0. The molecule has 0 spiro atoms. The van der Waals surface area contributed by atoms with Crippen molar-refractivity contribution in [2.45, 2.75) is 32.8 Å². The quantitative estimate of drug-likeness (QED) is 0.603. The van der Waals surface area contributed by atoms with Gasteiger partial charge in [-0.05, 0) is 25.7 Å². The van der Waals surface area contributed by atoms with Crippen LogP contribution in [0.1, 0.15) is 26.7 Å². The third-order valence-electron chi connectivity index (χ3n) is 2.27. The number of rotatable bonds is 9. The zero-order valence-corrected chi connectivity index (χ0v) is 11.7. The zero-order chi connectivity index (χ0) is 12.6. The highest BCUT2D eigenvalue weighted by molar-refractivity contribution is 8.13. The van der Waals surface area contributed by atoms with Crippen molar-refractivity contribution in [3.63, 3.8) is 0 Å². The van der Waals surface area contributed by atoms with Crippen molar-refractivity contribution in [2.75, 3.05) is 26.1 Å². The molecule has 0 aromatic heterocycles. The SMILES string of the molecule is COCC(C)OCCC(C)CCS(=O)(=O)Cl. The first-order valence-corrected chi connectivity index (χ1v) is 7.86. The standard InChI is InChI=1S/C10H21ClO4S/c1-9(5-7-16(11,12)13)4-6-15-10(2)8-14-3/h9-10H,4-8H2,1-3H3. The molecule has 0 bridgehead atoms. The highest BCUT2D eigenvalue weighted by atomic mass is 35.7. The molecule has 0 N–H and O–H groups in total. The monoisotopic (exact) mass is 272 g/mol. The van der Waals surface area contributed by atoms with Crippen LogP contribution in [0.25, 0.3) is 0 Å². The van der Waals surface area contributed by atoms with Gasteiger partial charge >= 0.3 is 0 Å². The summed E-state index contributed by atoms with van der Waals surface area (Å²) >= 11 is 0. The first-order valence-electron chi connectivity index (χ1n) is 5.38. The fourth-order valence-corrected chi connectivity index (χ4v) is 2.19. The minimum absolute atomic E-state index is 0.0311. The number of hydrogen-bond donors (Lipinski definition) is 0. The van der Waals surface area contributed by atoms with E-state index in [0.29, 0.717) is 25.6 Å². The van der Waals surface area contributed by atoms with E-state index in [1.165, 1.54) is 0 Å². The Kier molecular flexibility index (Phi) is 8.36. The molecule has 0 aliphatic carbocycles. The van der Waals surface area contributed by atoms with Gasteiger partial charge in [0.05, 0.1) is 18.5 Å². The van der Waals surface area contributed by atoms with Crippen LogP contribution in [0.2, 0.25) is 0 Å². The predicted molar refractivity (Wildman–Crippen MR) is 65.3 cm³/mol. The summed E-state index contributed by atoms with van der Waals surface area (Å²) in [5, 5.41) is 0. The maximum Gasteiger partial charge on any atom is 0.232 e. The highest BCUT2D eigenvalue weighted by Crippen LogP contribution is 2.11. The van der Waals surface area contributed by atoms with Gasteiger partial charge in [0.15, 0.2) is 0 Å². The second-order valence-corrected chi connectivity index (χ2v) is 6.96. The van der Waals surface area contributed by atoms with Crippen molar-refractivity contribution in [3.8, 4) is 0 Å². The maximum absolute atomic E-state index is 10.7. The summed E-state index contributed by atoms with van der Waals surface area (Å²) < 4.78 is 31.9. The van der Waals surface area contributed by atoms with E-state index < -0.39 is 9.05 Å². The van der Waals surface area contributed by atoms with E-state index in [9.17, 15) is 8.42 Å². The molecule has 0 fully saturated rings. The molecule has 0 heterocycles. The molecule has 0 amide bonds. The normalized spacial score (nSPS) is 16.0. The molecule has 0 aromatic rings. The van der Waals surface area contributed by atoms with Crippen LogP contribution in [0.3, 0.4) is 0 Å². The van der Waals surface area contributed by atoms with Crippen molar-refractivity contribution in [3.05, 3.63) is 0 Å². The predicted octanol–water partition coefficient (Wildman–Crippen LogP) is 2.02. The van der Waals surface area contributed by atoms with Crippen LogP contribution in [0, 0.1) is 5.92 Å². The lowest BCUT2D eigenvalue weighted by Crippen LogP contribution is -2.17. The molecule has 0 aliphatic heterocycles. The van der Waals surface area contributed by atoms with Gasteiger partial charge in [-0.15, -0.1) is 0 Å². The molecule has 0 saturated carbocycles. The Morgan fingerprint density at radius 3 is 2.38 bits per heavy atom. The Morgan fingerprint density at radius 1 is 1.25 bits per heavy atom. The molecule has 0 aliphatic rings. The summed E-state index contributed by atoms with van der Waals surface area (Å²) in [5.74, 6) is 0.326. The van der Waals surface area contributed by atoms with Crippen LogP contribution in [0.15, 0.2) is 0 Å². The van der Waals surface area contributed by atoms with Crippen LogP contribution in [0.5, 0.6) is 0 Å². The van der Waals surface area contributed by atoms with Crippen LogP contribution < -0.4 is 0 Å². The summed E-state index contributed by atoms with van der Waals surface area (Å²) in [5.41, 5.74) is 0. The molecular formula is C10H21ClO4S. The Hall–Kier alpha value is 0.160. The van der Waals surface area contributed by atoms with Crippen molar-refractivity contribution in [2.24, 2.45) is 5.92 Å². The van der Waals surface area contributed by atoms with Gasteiger partial charge in [-0.2, -0.15) is 0 Å². The van der Waals surface area contributed by atoms with Gasteiger partial charge in [0.25, 0.3) is 0 Å². The van der Waals surface area contributed by atoms with Crippen molar-refractivity contribution >= 4 is 19.7 Å². The molecule has 6 heteroatoms. The smallest absolute Gasteiger partial charge is 0.232 e. The van der Waals surface area contributed by atoms with Crippen molar-refractivity contribution < 1.29 is 17.9 Å². The first-order chi connectivity index (χ1) is 7.35. The second-order valence-electron chi connectivity index (χ2n) is 4.06. The Morgan fingerprint density at radius 2 is 1.88 bits per heavy atom. The van der Waals surface area contributed by atoms with E-state index in [-0.39, 0.29) is 11.9 Å². The Balaban J connectivity index is 3.54. The van der Waals surface area contributed by atoms with Crippen LogP contribution >= 0.6 is 10.7 Å². The number of hydrogen-bond acceptors (Lipinski definition) is 4.